The number of hydrogen-bond acceptors (Lipinski definition) is 5. The third kappa shape index (κ3) is 6.70. The van der Waals surface area contributed by atoms with Gasteiger partial charge in [0.05, 0.1) is 5.69 Å². The first-order valence-corrected chi connectivity index (χ1v) is 12.7. The molecule has 1 aromatic heterocycles. The van der Waals surface area contributed by atoms with Crippen LogP contribution in [0.2, 0.25) is 0 Å². The predicted octanol–water partition coefficient (Wildman–Crippen LogP) is 5.23. The molecule has 0 unspecified atom stereocenters. The van der Waals surface area contributed by atoms with Crippen molar-refractivity contribution in [2.24, 2.45) is 5.92 Å². The molecule has 0 radical (unpaired) electrons. The number of aliphatic carboxylic acids is 1. The number of carboxylic acids is 1. The number of ether oxygens (including phenoxy) is 1. The number of hydrogen-bond donors (Lipinski definition) is 1. The lowest BCUT2D eigenvalue weighted by Gasteiger charge is -2.28. The molecule has 0 aliphatic carbocycles. The third-order valence-corrected chi connectivity index (χ3v) is 7.15. The van der Waals surface area contributed by atoms with E-state index in [2.05, 4.69) is 4.98 Å². The fraction of sp³-hybridized carbons (Fsp3) is 0.259. The average molecular weight is 495 g/mol. The second kappa shape index (κ2) is 11.2. The summed E-state index contributed by atoms with van der Waals surface area (Å²) in [6.07, 6.45) is 5.49. The van der Waals surface area contributed by atoms with Gasteiger partial charge >= 0.3 is 5.97 Å². The smallest absolute Gasteiger partial charge is 0.328 e. The Labute approximate surface area is 206 Å². The molecule has 2 aromatic carbocycles. The molecule has 0 aliphatic rings. The number of aromatic nitrogens is 1. The highest BCUT2D eigenvalue weighted by Gasteiger charge is 2.29. The van der Waals surface area contributed by atoms with Crippen LogP contribution in [0.3, 0.4) is 0 Å². The maximum Gasteiger partial charge on any atom is 0.328 e. The van der Waals surface area contributed by atoms with Crippen molar-refractivity contribution in [3.63, 3.8) is 0 Å². The molecule has 1 N–H and O–H groups in total. The Hall–Kier alpha value is -3.65. The van der Waals surface area contributed by atoms with E-state index in [0.29, 0.717) is 11.4 Å². The van der Waals surface area contributed by atoms with Crippen LogP contribution >= 0.6 is 0 Å². The molecule has 0 saturated carbocycles. The van der Waals surface area contributed by atoms with Gasteiger partial charge in [0.1, 0.15) is 17.3 Å². The number of benzene rings is 2. The zero-order chi connectivity index (χ0) is 25.6. The van der Waals surface area contributed by atoms with Gasteiger partial charge in [-0.05, 0) is 72.4 Å². The summed E-state index contributed by atoms with van der Waals surface area (Å²) >= 11 is 0. The second-order valence-electron chi connectivity index (χ2n) is 8.72. The Morgan fingerprint density at radius 2 is 1.80 bits per heavy atom. The summed E-state index contributed by atoms with van der Waals surface area (Å²) in [4.78, 5) is 14.8. The van der Waals surface area contributed by atoms with Crippen LogP contribution in [-0.2, 0) is 21.4 Å². The van der Waals surface area contributed by atoms with Crippen molar-refractivity contribution in [2.75, 3.05) is 10.8 Å². The van der Waals surface area contributed by atoms with E-state index >= 15 is 0 Å². The van der Waals surface area contributed by atoms with Gasteiger partial charge in [0, 0.05) is 25.0 Å². The molecule has 8 heteroatoms. The van der Waals surface area contributed by atoms with Gasteiger partial charge in [-0.25, -0.2) is 13.2 Å². The Morgan fingerprint density at radius 3 is 2.40 bits per heavy atom. The van der Waals surface area contributed by atoms with Gasteiger partial charge in [0.15, 0.2) is 0 Å². The Morgan fingerprint density at radius 1 is 1.11 bits per heavy atom. The van der Waals surface area contributed by atoms with E-state index in [1.54, 1.807) is 24.4 Å². The first kappa shape index (κ1) is 26.0. The normalized spacial score (nSPS) is 11.7. The number of rotatable bonds is 10. The summed E-state index contributed by atoms with van der Waals surface area (Å²) in [7, 11) is -3.87. The van der Waals surface area contributed by atoms with Crippen molar-refractivity contribution in [3.8, 4) is 5.75 Å². The predicted molar refractivity (Wildman–Crippen MR) is 137 cm³/mol. The van der Waals surface area contributed by atoms with Crippen LogP contribution in [0, 0.1) is 19.8 Å². The lowest BCUT2D eigenvalue weighted by Crippen LogP contribution is -2.34. The van der Waals surface area contributed by atoms with E-state index in [9.17, 15) is 13.2 Å². The van der Waals surface area contributed by atoms with Crippen LogP contribution in [0.15, 0.2) is 71.9 Å². The van der Waals surface area contributed by atoms with Gasteiger partial charge in [-0.3, -0.25) is 9.29 Å². The van der Waals surface area contributed by atoms with Gasteiger partial charge in [-0.2, -0.15) is 0 Å². The molecule has 0 atom stereocenters. The zero-order valence-electron chi connectivity index (χ0n) is 20.3. The summed E-state index contributed by atoms with van der Waals surface area (Å²) in [5.74, 6) is -0.467. The summed E-state index contributed by atoms with van der Waals surface area (Å²) < 4.78 is 34.8. The van der Waals surface area contributed by atoms with E-state index < -0.39 is 16.0 Å². The van der Waals surface area contributed by atoms with Crippen LogP contribution in [0.4, 0.5) is 5.69 Å². The molecule has 0 fully saturated rings. The van der Waals surface area contributed by atoms with E-state index in [-0.39, 0.29) is 24.0 Å². The first-order valence-electron chi connectivity index (χ1n) is 11.2. The Bertz CT molecular complexity index is 1300. The number of carbonyl (C=O) groups is 1. The first-order chi connectivity index (χ1) is 16.6. The highest BCUT2D eigenvalue weighted by molar-refractivity contribution is 7.92. The monoisotopic (exact) mass is 494 g/mol. The average Bonchev–Trinajstić information content (AvgIpc) is 2.83. The molecule has 35 heavy (non-hydrogen) atoms. The van der Waals surface area contributed by atoms with Gasteiger partial charge in [-0.1, -0.05) is 38.1 Å². The Kier molecular flexibility index (Phi) is 8.30. The van der Waals surface area contributed by atoms with Crippen LogP contribution < -0.4 is 9.04 Å². The maximum absolute atomic E-state index is 13.6. The van der Waals surface area contributed by atoms with Crippen molar-refractivity contribution in [1.82, 2.24) is 4.98 Å². The number of nitrogens with zero attached hydrogens (tertiary/aromatic N) is 2. The number of anilines is 1. The summed E-state index contributed by atoms with van der Waals surface area (Å²) in [5, 5.41) is 8.78. The van der Waals surface area contributed by atoms with Gasteiger partial charge in [0.2, 0.25) is 0 Å². The third-order valence-electron chi connectivity index (χ3n) is 5.39. The Balaban J connectivity index is 1.96. The highest BCUT2D eigenvalue weighted by Crippen LogP contribution is 2.36. The molecule has 1 heterocycles. The molecular formula is C27H30N2O5S. The molecule has 0 saturated heterocycles. The molecule has 3 rings (SSSR count). The van der Waals surface area contributed by atoms with E-state index in [1.807, 2.05) is 52.0 Å². The minimum absolute atomic E-state index is 0.0716. The van der Waals surface area contributed by atoms with E-state index in [4.69, 9.17) is 9.84 Å². The SMILES string of the molecule is Cc1cc(OCc2ccc(C=CC(=O)O)cc2)c(N(CC(C)C)S(=O)(=O)c2cccnc2)cc1C. The quantitative estimate of drug-likeness (QED) is 0.388. The summed E-state index contributed by atoms with van der Waals surface area (Å²) in [6.45, 7) is 8.33. The molecular weight excluding hydrogens is 464 g/mol. The number of aryl methyl sites for hydroxylation is 2. The fourth-order valence-electron chi connectivity index (χ4n) is 3.42. The largest absolute Gasteiger partial charge is 0.487 e. The van der Waals surface area contributed by atoms with Crippen LogP contribution in [0.1, 0.15) is 36.1 Å². The van der Waals surface area contributed by atoms with Crippen LogP contribution in [-0.4, -0.2) is 31.0 Å². The summed E-state index contributed by atoms with van der Waals surface area (Å²) in [6, 6.07) is 14.2. The number of sulfonamides is 1. The maximum atomic E-state index is 13.6. The molecule has 0 bridgehead atoms. The molecule has 7 nitrogen and oxygen atoms in total. The van der Waals surface area contributed by atoms with Crippen molar-refractivity contribution in [2.45, 2.75) is 39.2 Å². The van der Waals surface area contributed by atoms with Crippen molar-refractivity contribution in [3.05, 3.63) is 89.3 Å². The highest BCUT2D eigenvalue weighted by atomic mass is 32.2. The molecule has 3 aromatic rings. The van der Waals surface area contributed by atoms with Gasteiger partial charge in [-0.15, -0.1) is 0 Å². The van der Waals surface area contributed by atoms with Crippen LogP contribution in [0.5, 0.6) is 5.75 Å². The molecule has 0 aliphatic heterocycles. The molecule has 0 amide bonds. The molecule has 184 valence electrons. The van der Waals surface area contributed by atoms with E-state index in [1.165, 1.54) is 22.6 Å². The number of carboxylic acid groups (broad SMARTS) is 1. The van der Waals surface area contributed by atoms with Gasteiger partial charge < -0.3 is 9.84 Å². The lowest BCUT2D eigenvalue weighted by molar-refractivity contribution is -0.131. The molecule has 0 spiro atoms. The topological polar surface area (TPSA) is 96.8 Å². The fourth-order valence-corrected chi connectivity index (χ4v) is 5.02. The van der Waals surface area contributed by atoms with Crippen molar-refractivity contribution < 1.29 is 23.1 Å². The standard InChI is InChI=1S/C27H30N2O5S/c1-19(2)17-29(35(32,33)24-6-5-13-28-16-24)25-14-20(3)21(4)15-26(25)34-18-23-9-7-22(8-10-23)11-12-27(30)31/h5-16,19H,17-18H2,1-4H3,(H,30,31). The minimum atomic E-state index is -3.87. The lowest BCUT2D eigenvalue weighted by atomic mass is 10.1. The zero-order valence-corrected chi connectivity index (χ0v) is 21.1. The summed E-state index contributed by atoms with van der Waals surface area (Å²) in [5.41, 5.74) is 4.05. The van der Waals surface area contributed by atoms with Crippen LogP contribution in [0.25, 0.3) is 6.08 Å². The minimum Gasteiger partial charge on any atom is -0.487 e. The van der Waals surface area contributed by atoms with Crippen molar-refractivity contribution >= 4 is 27.8 Å². The van der Waals surface area contributed by atoms with E-state index in [0.717, 1.165) is 28.3 Å². The number of pyridine rings is 1. The van der Waals surface area contributed by atoms with Gasteiger partial charge in [0.25, 0.3) is 10.0 Å². The second-order valence-corrected chi connectivity index (χ2v) is 10.6. The van der Waals surface area contributed by atoms with Crippen molar-refractivity contribution in [1.29, 1.82) is 0 Å².